The fraction of sp³-hybridized carbons (Fsp3) is 0.235. The second kappa shape index (κ2) is 5.78. The highest BCUT2D eigenvalue weighted by atomic mass is 16.1. The van der Waals surface area contributed by atoms with E-state index in [0.717, 1.165) is 27.9 Å². The largest absolute Gasteiger partial charge is 0.399 e. The lowest BCUT2D eigenvalue weighted by molar-refractivity contribution is 0.0939. The van der Waals surface area contributed by atoms with Crippen molar-refractivity contribution in [1.82, 2.24) is 5.32 Å². The monoisotopic (exact) mass is 268 g/mol. The Labute approximate surface area is 119 Å². The SMILES string of the molecule is Cc1cccc(C(=O)NC(C)c2ccc(N)cc2)c1C. The van der Waals surface area contributed by atoms with Gasteiger partial charge in [-0.05, 0) is 55.7 Å². The molecule has 104 valence electrons. The Kier molecular flexibility index (Phi) is 4.08. The molecule has 0 aliphatic heterocycles. The molecule has 0 aliphatic carbocycles. The highest BCUT2D eigenvalue weighted by molar-refractivity contribution is 5.96. The number of nitrogens with two attached hydrogens (primary N) is 1. The summed E-state index contributed by atoms with van der Waals surface area (Å²) in [6.07, 6.45) is 0. The summed E-state index contributed by atoms with van der Waals surface area (Å²) in [5.41, 5.74) is 10.3. The summed E-state index contributed by atoms with van der Waals surface area (Å²) in [6.45, 7) is 5.95. The second-order valence-electron chi connectivity index (χ2n) is 5.11. The van der Waals surface area contributed by atoms with Crippen LogP contribution in [0.15, 0.2) is 42.5 Å². The van der Waals surface area contributed by atoms with Gasteiger partial charge in [0, 0.05) is 11.3 Å². The Morgan fingerprint density at radius 2 is 1.75 bits per heavy atom. The van der Waals surface area contributed by atoms with Crippen molar-refractivity contribution < 1.29 is 4.79 Å². The average molecular weight is 268 g/mol. The van der Waals surface area contributed by atoms with E-state index < -0.39 is 0 Å². The molecule has 3 heteroatoms. The van der Waals surface area contributed by atoms with Gasteiger partial charge in [0.2, 0.25) is 0 Å². The minimum absolute atomic E-state index is 0.0458. The van der Waals surface area contributed by atoms with Gasteiger partial charge in [0.1, 0.15) is 0 Å². The van der Waals surface area contributed by atoms with Gasteiger partial charge in [-0.25, -0.2) is 0 Å². The van der Waals surface area contributed by atoms with Gasteiger partial charge in [-0.1, -0.05) is 24.3 Å². The average Bonchev–Trinajstić information content (AvgIpc) is 2.42. The lowest BCUT2D eigenvalue weighted by Gasteiger charge is -2.16. The molecule has 0 saturated heterocycles. The third-order valence-electron chi connectivity index (χ3n) is 3.63. The summed E-state index contributed by atoms with van der Waals surface area (Å²) < 4.78 is 0. The first-order valence-corrected chi connectivity index (χ1v) is 6.71. The number of nitrogen functional groups attached to an aromatic ring is 1. The summed E-state index contributed by atoms with van der Waals surface area (Å²) in [7, 11) is 0. The Morgan fingerprint density at radius 1 is 1.10 bits per heavy atom. The molecule has 0 spiro atoms. The summed E-state index contributed by atoms with van der Waals surface area (Å²) in [5, 5.41) is 3.02. The van der Waals surface area contributed by atoms with Gasteiger partial charge in [-0.3, -0.25) is 4.79 Å². The standard InChI is InChI=1S/C17H20N2O/c1-11-5-4-6-16(12(11)2)17(20)19-13(3)14-7-9-15(18)10-8-14/h4-10,13H,18H2,1-3H3,(H,19,20). The highest BCUT2D eigenvalue weighted by Crippen LogP contribution is 2.17. The van der Waals surface area contributed by atoms with Crippen LogP contribution in [0.25, 0.3) is 0 Å². The van der Waals surface area contributed by atoms with Gasteiger partial charge in [0.25, 0.3) is 5.91 Å². The first-order chi connectivity index (χ1) is 9.49. The predicted molar refractivity (Wildman–Crippen MR) is 82.7 cm³/mol. The maximum absolute atomic E-state index is 12.3. The van der Waals surface area contributed by atoms with Crippen LogP contribution in [0.5, 0.6) is 0 Å². The number of carbonyl (C=O) groups excluding carboxylic acids is 1. The second-order valence-corrected chi connectivity index (χ2v) is 5.11. The number of aryl methyl sites for hydroxylation is 1. The van der Waals surface area contributed by atoms with Crippen LogP contribution in [0.3, 0.4) is 0 Å². The number of benzene rings is 2. The van der Waals surface area contributed by atoms with Crippen LogP contribution in [-0.4, -0.2) is 5.91 Å². The highest BCUT2D eigenvalue weighted by Gasteiger charge is 2.13. The first kappa shape index (κ1) is 14.1. The number of nitrogens with one attached hydrogen (secondary N) is 1. The van der Waals surface area contributed by atoms with Gasteiger partial charge in [0.05, 0.1) is 6.04 Å². The van der Waals surface area contributed by atoms with E-state index in [4.69, 9.17) is 5.73 Å². The van der Waals surface area contributed by atoms with E-state index in [9.17, 15) is 4.79 Å². The summed E-state index contributed by atoms with van der Waals surface area (Å²) in [6, 6.07) is 13.3. The molecule has 3 nitrogen and oxygen atoms in total. The van der Waals surface area contributed by atoms with Crippen molar-refractivity contribution in [3.05, 3.63) is 64.7 Å². The molecule has 2 aromatic rings. The molecule has 0 fully saturated rings. The number of rotatable bonds is 3. The molecule has 0 heterocycles. The van der Waals surface area contributed by atoms with Crippen molar-refractivity contribution in [2.24, 2.45) is 0 Å². The van der Waals surface area contributed by atoms with Crippen molar-refractivity contribution in [2.75, 3.05) is 5.73 Å². The molecule has 0 aromatic heterocycles. The van der Waals surface area contributed by atoms with E-state index in [1.165, 1.54) is 0 Å². The van der Waals surface area contributed by atoms with Crippen molar-refractivity contribution in [2.45, 2.75) is 26.8 Å². The Balaban J connectivity index is 2.15. The summed E-state index contributed by atoms with van der Waals surface area (Å²) in [5.74, 6) is -0.0458. The van der Waals surface area contributed by atoms with E-state index in [2.05, 4.69) is 5.32 Å². The van der Waals surface area contributed by atoms with E-state index in [0.29, 0.717) is 0 Å². The van der Waals surface area contributed by atoms with Crippen LogP contribution < -0.4 is 11.1 Å². The molecular formula is C17H20N2O. The topological polar surface area (TPSA) is 55.1 Å². The van der Waals surface area contributed by atoms with Gasteiger partial charge in [0.15, 0.2) is 0 Å². The van der Waals surface area contributed by atoms with Crippen LogP contribution in [0.2, 0.25) is 0 Å². The Bertz CT molecular complexity index is 617. The lowest BCUT2D eigenvalue weighted by Crippen LogP contribution is -2.27. The molecule has 0 saturated carbocycles. The quantitative estimate of drug-likeness (QED) is 0.838. The summed E-state index contributed by atoms with van der Waals surface area (Å²) >= 11 is 0. The van der Waals surface area contributed by atoms with E-state index >= 15 is 0 Å². The number of amides is 1. The van der Waals surface area contributed by atoms with Crippen molar-refractivity contribution >= 4 is 11.6 Å². The lowest BCUT2D eigenvalue weighted by atomic mass is 10.0. The fourth-order valence-electron chi connectivity index (χ4n) is 2.14. The third kappa shape index (κ3) is 2.99. The normalized spacial score (nSPS) is 11.9. The molecule has 2 aromatic carbocycles. The molecule has 2 rings (SSSR count). The number of anilines is 1. The van der Waals surface area contributed by atoms with Crippen LogP contribution in [-0.2, 0) is 0 Å². The van der Waals surface area contributed by atoms with Crippen molar-refractivity contribution in [3.63, 3.8) is 0 Å². The molecule has 0 aliphatic rings. The maximum atomic E-state index is 12.3. The van der Waals surface area contributed by atoms with Crippen molar-refractivity contribution in [3.8, 4) is 0 Å². The van der Waals surface area contributed by atoms with Gasteiger partial charge >= 0.3 is 0 Å². The molecule has 1 unspecified atom stereocenters. The number of hydrogen-bond donors (Lipinski definition) is 2. The molecule has 20 heavy (non-hydrogen) atoms. The first-order valence-electron chi connectivity index (χ1n) is 6.71. The van der Waals surface area contributed by atoms with Gasteiger partial charge in [-0.15, -0.1) is 0 Å². The predicted octanol–water partition coefficient (Wildman–Crippen LogP) is 3.38. The Hall–Kier alpha value is -2.29. The molecule has 0 radical (unpaired) electrons. The van der Waals surface area contributed by atoms with E-state index in [-0.39, 0.29) is 11.9 Å². The zero-order chi connectivity index (χ0) is 14.7. The van der Waals surface area contributed by atoms with Crippen LogP contribution >= 0.6 is 0 Å². The number of hydrogen-bond acceptors (Lipinski definition) is 2. The zero-order valence-corrected chi connectivity index (χ0v) is 12.1. The van der Waals surface area contributed by atoms with Crippen LogP contribution in [0, 0.1) is 13.8 Å². The minimum atomic E-state index is -0.0528. The van der Waals surface area contributed by atoms with Crippen LogP contribution in [0.4, 0.5) is 5.69 Å². The Morgan fingerprint density at radius 3 is 2.40 bits per heavy atom. The molecule has 3 N–H and O–H groups in total. The maximum Gasteiger partial charge on any atom is 0.252 e. The smallest absolute Gasteiger partial charge is 0.252 e. The fourth-order valence-corrected chi connectivity index (χ4v) is 2.14. The van der Waals surface area contributed by atoms with E-state index in [1.54, 1.807) is 0 Å². The molecule has 1 amide bonds. The summed E-state index contributed by atoms with van der Waals surface area (Å²) in [4.78, 5) is 12.3. The number of carbonyl (C=O) groups is 1. The molecule has 1 atom stereocenters. The molecule has 0 bridgehead atoms. The molecular weight excluding hydrogens is 248 g/mol. The van der Waals surface area contributed by atoms with Gasteiger partial charge in [-0.2, -0.15) is 0 Å². The van der Waals surface area contributed by atoms with E-state index in [1.807, 2.05) is 63.2 Å². The minimum Gasteiger partial charge on any atom is -0.399 e. The zero-order valence-electron chi connectivity index (χ0n) is 12.1. The van der Waals surface area contributed by atoms with Crippen molar-refractivity contribution in [1.29, 1.82) is 0 Å². The van der Waals surface area contributed by atoms with Gasteiger partial charge < -0.3 is 11.1 Å². The third-order valence-corrected chi connectivity index (χ3v) is 3.63. The van der Waals surface area contributed by atoms with Crippen LogP contribution in [0.1, 0.15) is 40.0 Å².